The molecule has 0 saturated carbocycles. The molecule has 0 radical (unpaired) electrons. The maximum atomic E-state index is 12.4. The van der Waals surface area contributed by atoms with E-state index in [1.807, 2.05) is 34.9 Å². The zero-order valence-electron chi connectivity index (χ0n) is 11.1. The van der Waals surface area contributed by atoms with Crippen molar-refractivity contribution in [3.05, 3.63) is 17.5 Å². The average molecular weight is 302 g/mol. The highest BCUT2D eigenvalue weighted by Gasteiger charge is 2.29. The summed E-state index contributed by atoms with van der Waals surface area (Å²) in [6.45, 7) is 6.07. The highest BCUT2D eigenvalue weighted by atomic mass is 79.9. The molecular weight excluding hydrogens is 282 g/mol. The van der Waals surface area contributed by atoms with Crippen LogP contribution >= 0.6 is 15.9 Å². The van der Waals surface area contributed by atoms with Crippen molar-refractivity contribution in [2.45, 2.75) is 32.7 Å². The van der Waals surface area contributed by atoms with Gasteiger partial charge in [0.15, 0.2) is 0 Å². The van der Waals surface area contributed by atoms with Crippen LogP contribution in [0.15, 0.2) is 6.20 Å². The normalized spacial score (nSPS) is 11.6. The third-order valence-electron chi connectivity index (χ3n) is 3.01. The lowest BCUT2D eigenvalue weighted by atomic mass is 10.0. The minimum absolute atomic E-state index is 0.0272. The van der Waals surface area contributed by atoms with E-state index >= 15 is 0 Å². The van der Waals surface area contributed by atoms with Gasteiger partial charge in [-0.25, -0.2) is 0 Å². The predicted molar refractivity (Wildman–Crippen MR) is 72.6 cm³/mol. The molecule has 0 aliphatic heterocycles. The minimum atomic E-state index is -0.210. The number of hydrogen-bond donors (Lipinski definition) is 0. The van der Waals surface area contributed by atoms with E-state index in [0.717, 1.165) is 17.4 Å². The summed E-state index contributed by atoms with van der Waals surface area (Å²) in [5.74, 6) is 0.0272. The molecule has 17 heavy (non-hydrogen) atoms. The molecule has 1 rings (SSSR count). The molecular formula is C12H20BrN3O. The SMILES string of the molecule is CCc1nn(C)cc1C(=O)N(C)C(C)(C)CBr. The molecule has 5 heteroatoms. The van der Waals surface area contributed by atoms with Crippen molar-refractivity contribution in [2.75, 3.05) is 12.4 Å². The summed E-state index contributed by atoms with van der Waals surface area (Å²) >= 11 is 3.44. The van der Waals surface area contributed by atoms with E-state index in [1.54, 1.807) is 15.8 Å². The van der Waals surface area contributed by atoms with Crippen molar-refractivity contribution in [3.63, 3.8) is 0 Å². The van der Waals surface area contributed by atoms with E-state index in [1.165, 1.54) is 0 Å². The molecule has 0 atom stereocenters. The number of nitrogens with zero attached hydrogens (tertiary/aromatic N) is 3. The van der Waals surface area contributed by atoms with Gasteiger partial charge >= 0.3 is 0 Å². The molecule has 0 saturated heterocycles. The Balaban J connectivity index is 3.04. The van der Waals surface area contributed by atoms with Crippen LogP contribution in [-0.2, 0) is 13.5 Å². The number of halogens is 1. The Labute approximate surface area is 111 Å². The molecule has 0 aromatic carbocycles. The molecule has 0 fully saturated rings. The Morgan fingerprint density at radius 3 is 2.65 bits per heavy atom. The quantitative estimate of drug-likeness (QED) is 0.800. The molecule has 0 aliphatic rings. The fourth-order valence-electron chi connectivity index (χ4n) is 1.52. The molecule has 0 bridgehead atoms. The number of rotatable bonds is 4. The van der Waals surface area contributed by atoms with E-state index in [2.05, 4.69) is 21.0 Å². The van der Waals surface area contributed by atoms with Crippen LogP contribution in [0, 0.1) is 0 Å². The van der Waals surface area contributed by atoms with E-state index in [4.69, 9.17) is 0 Å². The van der Waals surface area contributed by atoms with Crippen LogP contribution in [0.4, 0.5) is 0 Å². The van der Waals surface area contributed by atoms with E-state index in [9.17, 15) is 4.79 Å². The van der Waals surface area contributed by atoms with Gasteiger partial charge in [-0.3, -0.25) is 9.48 Å². The van der Waals surface area contributed by atoms with Gasteiger partial charge in [0.2, 0.25) is 0 Å². The summed E-state index contributed by atoms with van der Waals surface area (Å²) in [6.07, 6.45) is 2.56. The smallest absolute Gasteiger partial charge is 0.257 e. The summed E-state index contributed by atoms with van der Waals surface area (Å²) in [5.41, 5.74) is 1.35. The molecule has 1 heterocycles. The second-order valence-electron chi connectivity index (χ2n) is 4.83. The van der Waals surface area contributed by atoms with Gasteiger partial charge in [-0.2, -0.15) is 5.10 Å². The highest BCUT2D eigenvalue weighted by molar-refractivity contribution is 9.09. The van der Waals surface area contributed by atoms with E-state index < -0.39 is 0 Å². The fraction of sp³-hybridized carbons (Fsp3) is 0.667. The van der Waals surface area contributed by atoms with Crippen LogP contribution in [0.5, 0.6) is 0 Å². The highest BCUT2D eigenvalue weighted by Crippen LogP contribution is 2.19. The standard InChI is InChI=1S/C12H20BrN3O/c1-6-10-9(7-15(4)14-10)11(17)16(5)12(2,3)8-13/h7H,6,8H2,1-5H3. The summed E-state index contributed by atoms with van der Waals surface area (Å²) in [5, 5.41) is 5.04. The van der Waals surface area contributed by atoms with Crippen molar-refractivity contribution < 1.29 is 4.79 Å². The van der Waals surface area contributed by atoms with Crippen molar-refractivity contribution >= 4 is 21.8 Å². The molecule has 1 aromatic rings. The molecule has 0 aliphatic carbocycles. The van der Waals surface area contributed by atoms with Crippen LogP contribution in [0.3, 0.4) is 0 Å². The Kier molecular flexibility index (Phi) is 4.36. The third-order valence-corrected chi connectivity index (χ3v) is 4.38. The van der Waals surface area contributed by atoms with Crippen LogP contribution in [0.25, 0.3) is 0 Å². The number of aromatic nitrogens is 2. The van der Waals surface area contributed by atoms with Crippen LogP contribution in [0.1, 0.15) is 36.8 Å². The largest absolute Gasteiger partial charge is 0.336 e. The van der Waals surface area contributed by atoms with Crippen molar-refractivity contribution in [2.24, 2.45) is 7.05 Å². The van der Waals surface area contributed by atoms with Crippen LogP contribution in [-0.4, -0.2) is 38.5 Å². The lowest BCUT2D eigenvalue weighted by molar-refractivity contribution is 0.0662. The zero-order valence-corrected chi connectivity index (χ0v) is 12.7. The van der Waals surface area contributed by atoms with Gasteiger partial charge in [-0.1, -0.05) is 22.9 Å². The first-order chi connectivity index (χ1) is 7.83. The van der Waals surface area contributed by atoms with Crippen LogP contribution < -0.4 is 0 Å². The van der Waals surface area contributed by atoms with E-state index in [0.29, 0.717) is 5.56 Å². The molecule has 0 unspecified atom stereocenters. The summed E-state index contributed by atoms with van der Waals surface area (Å²) in [6, 6.07) is 0. The first-order valence-electron chi connectivity index (χ1n) is 5.70. The van der Waals surface area contributed by atoms with E-state index in [-0.39, 0.29) is 11.4 Å². The molecule has 0 spiro atoms. The van der Waals surface area contributed by atoms with Gasteiger partial charge in [-0.15, -0.1) is 0 Å². The number of amides is 1. The lowest BCUT2D eigenvalue weighted by Crippen LogP contribution is -2.46. The van der Waals surface area contributed by atoms with Crippen molar-refractivity contribution in [1.82, 2.24) is 14.7 Å². The van der Waals surface area contributed by atoms with Gasteiger partial charge in [0.1, 0.15) is 0 Å². The van der Waals surface area contributed by atoms with Gasteiger partial charge in [0.25, 0.3) is 5.91 Å². The topological polar surface area (TPSA) is 38.1 Å². The predicted octanol–water partition coefficient (Wildman–Crippen LogP) is 2.23. The minimum Gasteiger partial charge on any atom is -0.336 e. The Bertz CT molecular complexity index is 412. The Morgan fingerprint density at radius 2 is 2.18 bits per heavy atom. The molecule has 96 valence electrons. The monoisotopic (exact) mass is 301 g/mol. The van der Waals surface area contributed by atoms with Crippen LogP contribution in [0.2, 0.25) is 0 Å². The lowest BCUT2D eigenvalue weighted by Gasteiger charge is -2.34. The van der Waals surface area contributed by atoms with Gasteiger partial charge in [-0.05, 0) is 20.3 Å². The second-order valence-corrected chi connectivity index (χ2v) is 5.39. The number of hydrogen-bond acceptors (Lipinski definition) is 2. The fourth-order valence-corrected chi connectivity index (χ4v) is 1.90. The third kappa shape index (κ3) is 2.89. The maximum Gasteiger partial charge on any atom is 0.257 e. The summed E-state index contributed by atoms with van der Waals surface area (Å²) < 4.78 is 1.70. The maximum absolute atomic E-state index is 12.4. The second kappa shape index (κ2) is 5.21. The molecule has 1 amide bonds. The number of carbonyl (C=O) groups excluding carboxylic acids is 1. The summed E-state index contributed by atoms with van der Waals surface area (Å²) in [7, 11) is 3.67. The van der Waals surface area contributed by atoms with Gasteiger partial charge in [0.05, 0.1) is 11.3 Å². The first-order valence-corrected chi connectivity index (χ1v) is 6.82. The number of carbonyl (C=O) groups is 1. The Morgan fingerprint density at radius 1 is 1.59 bits per heavy atom. The number of aryl methyl sites for hydroxylation is 2. The van der Waals surface area contributed by atoms with Gasteiger partial charge < -0.3 is 4.90 Å². The van der Waals surface area contributed by atoms with Crippen molar-refractivity contribution in [1.29, 1.82) is 0 Å². The number of alkyl halides is 1. The zero-order chi connectivity index (χ0) is 13.2. The first kappa shape index (κ1) is 14.2. The molecule has 1 aromatic heterocycles. The molecule has 4 nitrogen and oxygen atoms in total. The van der Waals surface area contributed by atoms with Gasteiger partial charge in [0, 0.05) is 31.2 Å². The molecule has 0 N–H and O–H groups in total. The summed E-state index contributed by atoms with van der Waals surface area (Å²) in [4.78, 5) is 14.2. The average Bonchev–Trinajstić information content (AvgIpc) is 2.68. The Hall–Kier alpha value is -0.840. The van der Waals surface area contributed by atoms with Crippen molar-refractivity contribution in [3.8, 4) is 0 Å².